The second kappa shape index (κ2) is 7.23. The molecule has 2 aliphatic carbocycles. The number of fused-ring (bicyclic) bond motifs is 4. The van der Waals surface area contributed by atoms with Crippen molar-refractivity contribution in [2.75, 3.05) is 30.5 Å². The van der Waals surface area contributed by atoms with Gasteiger partial charge in [-0.05, 0) is 31.6 Å². The van der Waals surface area contributed by atoms with Crippen LogP contribution >= 0.6 is 0 Å². The fourth-order valence-electron chi connectivity index (χ4n) is 4.69. The van der Waals surface area contributed by atoms with Crippen LogP contribution in [0.1, 0.15) is 55.8 Å². The maximum absolute atomic E-state index is 13.6. The zero-order valence-corrected chi connectivity index (χ0v) is 17.7. The highest BCUT2D eigenvalue weighted by Gasteiger charge is 2.43. The number of aromatic nitrogens is 4. The van der Waals surface area contributed by atoms with Crippen molar-refractivity contribution in [1.82, 2.24) is 19.7 Å². The molecule has 2 aliphatic heterocycles. The van der Waals surface area contributed by atoms with Gasteiger partial charge in [0.15, 0.2) is 11.6 Å². The van der Waals surface area contributed by atoms with Gasteiger partial charge >= 0.3 is 6.18 Å². The van der Waals surface area contributed by atoms with E-state index in [9.17, 15) is 13.2 Å². The zero-order valence-electron chi connectivity index (χ0n) is 17.7. The van der Waals surface area contributed by atoms with Crippen molar-refractivity contribution < 1.29 is 22.6 Å². The molecule has 4 atom stereocenters. The Morgan fingerprint density at radius 3 is 2.69 bits per heavy atom. The second-order valence-electron chi connectivity index (χ2n) is 9.35. The fourth-order valence-corrected chi connectivity index (χ4v) is 4.69. The Morgan fingerprint density at radius 1 is 1.19 bits per heavy atom. The van der Waals surface area contributed by atoms with Crippen LogP contribution in [0.2, 0.25) is 0 Å². The van der Waals surface area contributed by atoms with Crippen LogP contribution in [0.25, 0.3) is 0 Å². The SMILES string of the molecule is C[C@@H]1CC1c1nn(C2CCC2)c2c1OC[C@@H]1COC[C@H]1Nc1nc(ncc1C(F)(F)F)N2. The Balaban J connectivity index is 1.47. The van der Waals surface area contributed by atoms with Crippen LogP contribution < -0.4 is 15.4 Å². The van der Waals surface area contributed by atoms with Gasteiger partial charge in [-0.1, -0.05) is 6.92 Å². The van der Waals surface area contributed by atoms with Gasteiger partial charge < -0.3 is 20.1 Å². The summed E-state index contributed by atoms with van der Waals surface area (Å²) < 4.78 is 54.7. The molecular formula is C21H25F3N6O2. The van der Waals surface area contributed by atoms with Crippen molar-refractivity contribution in [3.05, 3.63) is 17.5 Å². The quantitative estimate of drug-likeness (QED) is 0.712. The number of hydrogen-bond acceptors (Lipinski definition) is 7. The number of hydrogen-bond donors (Lipinski definition) is 2. The lowest BCUT2D eigenvalue weighted by molar-refractivity contribution is -0.137. The average Bonchev–Trinajstić information content (AvgIpc) is 3.10. The first-order valence-electron chi connectivity index (χ1n) is 11.2. The van der Waals surface area contributed by atoms with E-state index in [4.69, 9.17) is 14.6 Å². The highest BCUT2D eigenvalue weighted by molar-refractivity contribution is 5.63. The van der Waals surface area contributed by atoms with Crippen molar-refractivity contribution in [2.24, 2.45) is 11.8 Å². The monoisotopic (exact) mass is 450 g/mol. The van der Waals surface area contributed by atoms with Crippen LogP contribution in [0, 0.1) is 11.8 Å². The molecule has 1 saturated heterocycles. The van der Waals surface area contributed by atoms with Crippen LogP contribution in [0.4, 0.5) is 30.8 Å². The van der Waals surface area contributed by atoms with Gasteiger partial charge in [-0.2, -0.15) is 23.3 Å². The van der Waals surface area contributed by atoms with Gasteiger partial charge in [0.2, 0.25) is 5.95 Å². The Bertz CT molecular complexity index is 1040. The molecule has 0 aromatic carbocycles. The number of halogens is 3. The summed E-state index contributed by atoms with van der Waals surface area (Å²) in [6.45, 7) is 3.21. The number of nitrogens with zero attached hydrogens (tertiary/aromatic N) is 4. The van der Waals surface area contributed by atoms with Crippen LogP contribution in [-0.4, -0.2) is 45.6 Å². The molecule has 0 amide bonds. The minimum atomic E-state index is -4.57. The molecule has 6 rings (SSSR count). The van der Waals surface area contributed by atoms with Crippen molar-refractivity contribution in [2.45, 2.75) is 56.8 Å². The first-order valence-corrected chi connectivity index (χ1v) is 11.2. The molecule has 2 aromatic heterocycles. The molecule has 3 fully saturated rings. The molecule has 11 heteroatoms. The van der Waals surface area contributed by atoms with Crippen LogP contribution in [-0.2, 0) is 10.9 Å². The smallest absolute Gasteiger partial charge is 0.421 e. The molecule has 1 unspecified atom stereocenters. The van der Waals surface area contributed by atoms with E-state index in [-0.39, 0.29) is 29.8 Å². The highest BCUT2D eigenvalue weighted by atomic mass is 19.4. The first-order chi connectivity index (χ1) is 15.4. The molecule has 4 aliphatic rings. The Hall–Kier alpha value is -2.56. The number of rotatable bonds is 2. The number of nitrogens with one attached hydrogen (secondary N) is 2. The summed E-state index contributed by atoms with van der Waals surface area (Å²) in [6, 6.07) is -0.104. The predicted molar refractivity (Wildman–Crippen MR) is 109 cm³/mol. The third kappa shape index (κ3) is 3.37. The lowest BCUT2D eigenvalue weighted by atomic mass is 9.93. The van der Waals surface area contributed by atoms with Gasteiger partial charge in [0, 0.05) is 18.0 Å². The highest BCUT2D eigenvalue weighted by Crippen LogP contribution is 2.53. The molecule has 4 heterocycles. The minimum absolute atomic E-state index is 0.0820. The van der Waals surface area contributed by atoms with Gasteiger partial charge in [-0.25, -0.2) is 9.67 Å². The second-order valence-corrected chi connectivity index (χ2v) is 9.35. The topological polar surface area (TPSA) is 86.1 Å². The summed E-state index contributed by atoms with van der Waals surface area (Å²) in [7, 11) is 0. The Morgan fingerprint density at radius 2 is 2.00 bits per heavy atom. The maximum Gasteiger partial charge on any atom is 0.421 e. The number of ether oxygens (including phenoxy) is 2. The van der Waals surface area contributed by atoms with Crippen LogP contribution in [0.5, 0.6) is 5.75 Å². The molecule has 8 nitrogen and oxygen atoms in total. The van der Waals surface area contributed by atoms with Gasteiger partial charge in [0.1, 0.15) is 17.1 Å². The van der Waals surface area contributed by atoms with Gasteiger partial charge in [-0.3, -0.25) is 0 Å². The first kappa shape index (κ1) is 20.1. The lowest BCUT2D eigenvalue weighted by Gasteiger charge is -2.27. The van der Waals surface area contributed by atoms with E-state index < -0.39 is 11.7 Å². The minimum Gasteiger partial charge on any atom is -0.487 e. The normalized spacial score (nSPS) is 29.5. The summed E-state index contributed by atoms with van der Waals surface area (Å²) >= 11 is 0. The largest absolute Gasteiger partial charge is 0.487 e. The Labute approximate surface area is 182 Å². The van der Waals surface area contributed by atoms with E-state index in [0.29, 0.717) is 43.2 Å². The summed E-state index contributed by atoms with van der Waals surface area (Å²) in [5.74, 6) is 1.88. The molecule has 0 spiro atoms. The Kier molecular flexibility index (Phi) is 4.53. The molecular weight excluding hydrogens is 425 g/mol. The average molecular weight is 450 g/mol. The van der Waals surface area contributed by atoms with Crippen molar-refractivity contribution >= 4 is 17.6 Å². The van der Waals surface area contributed by atoms with Crippen molar-refractivity contribution in [3.8, 4) is 5.75 Å². The van der Waals surface area contributed by atoms with Gasteiger partial charge in [-0.15, -0.1) is 0 Å². The third-order valence-corrected chi connectivity index (χ3v) is 7.06. The third-order valence-electron chi connectivity index (χ3n) is 7.06. The molecule has 2 saturated carbocycles. The summed E-state index contributed by atoms with van der Waals surface area (Å²) in [4.78, 5) is 8.21. The van der Waals surface area contributed by atoms with E-state index >= 15 is 0 Å². The lowest BCUT2D eigenvalue weighted by Crippen LogP contribution is -2.33. The summed E-state index contributed by atoms with van der Waals surface area (Å²) in [6.07, 6.45) is 0.454. The number of alkyl halides is 3. The molecule has 172 valence electrons. The van der Waals surface area contributed by atoms with E-state index in [1.807, 2.05) is 4.68 Å². The maximum atomic E-state index is 13.6. The van der Waals surface area contributed by atoms with Crippen molar-refractivity contribution in [3.63, 3.8) is 0 Å². The molecule has 2 N–H and O–H groups in total. The van der Waals surface area contributed by atoms with E-state index in [1.54, 1.807) is 0 Å². The van der Waals surface area contributed by atoms with E-state index in [2.05, 4.69) is 27.5 Å². The standard InChI is InChI=1S/C21H25F3N6O2/c1-10-5-13(10)16-17-19(30(29-16)12-3-2-4-12)28-20-25-6-14(21(22,23)24)18(27-20)26-15-9-31-7-11(15)8-32-17/h6,10-13,15H,2-5,7-9H2,1H3,(H2,25,26,27,28)/t10-,11+,13?,15-/m1/s1. The molecule has 2 bridgehead atoms. The van der Waals surface area contributed by atoms with Gasteiger partial charge in [0.05, 0.1) is 31.9 Å². The van der Waals surface area contributed by atoms with E-state index in [0.717, 1.165) is 37.6 Å². The molecule has 2 aromatic rings. The van der Waals surface area contributed by atoms with Crippen LogP contribution in [0.15, 0.2) is 6.20 Å². The summed E-state index contributed by atoms with van der Waals surface area (Å²) in [5, 5.41) is 11.0. The molecule has 0 radical (unpaired) electrons. The van der Waals surface area contributed by atoms with Crippen molar-refractivity contribution in [1.29, 1.82) is 0 Å². The van der Waals surface area contributed by atoms with Gasteiger partial charge in [0.25, 0.3) is 0 Å². The fraction of sp³-hybridized carbons (Fsp3) is 0.667. The zero-order chi connectivity index (χ0) is 22.0. The summed E-state index contributed by atoms with van der Waals surface area (Å²) in [5.41, 5.74) is 0.0239. The van der Waals surface area contributed by atoms with E-state index in [1.165, 1.54) is 0 Å². The predicted octanol–water partition coefficient (Wildman–Crippen LogP) is 4.10. The number of anilines is 3. The van der Waals surface area contributed by atoms with Crippen LogP contribution in [0.3, 0.4) is 0 Å². The molecule has 32 heavy (non-hydrogen) atoms.